The molecular weight excluding hydrogens is 502 g/mol. The maximum absolute atomic E-state index is 13.1. The highest BCUT2D eigenvalue weighted by molar-refractivity contribution is 5.94. The quantitative estimate of drug-likeness (QED) is 0.112. The molecule has 2 rings (SSSR count). The highest BCUT2D eigenvalue weighted by Crippen LogP contribution is 2.12. The molecule has 0 aliphatic heterocycles. The summed E-state index contributed by atoms with van der Waals surface area (Å²) in [5.41, 5.74) is 11.7. The van der Waals surface area contributed by atoms with E-state index in [2.05, 4.69) is 25.9 Å². The van der Waals surface area contributed by atoms with E-state index in [4.69, 9.17) is 16.6 Å². The average Bonchev–Trinajstić information content (AvgIpc) is 3.39. The lowest BCUT2D eigenvalue weighted by atomic mass is 10.0. The number of nitrogens with one attached hydrogen (secondary N) is 4. The first-order chi connectivity index (χ1) is 18.0. The van der Waals surface area contributed by atoms with Crippen molar-refractivity contribution in [3.05, 3.63) is 48.0 Å². The average molecular weight is 534 g/mol. The molecule has 1 heterocycles. The molecule has 11 N–H and O–H groups in total. The van der Waals surface area contributed by atoms with E-state index in [0.29, 0.717) is 11.3 Å². The summed E-state index contributed by atoms with van der Waals surface area (Å²) in [6.45, 7) is -0.675. The minimum Gasteiger partial charge on any atom is -0.508 e. The lowest BCUT2D eigenvalue weighted by Crippen LogP contribution is -2.58. The van der Waals surface area contributed by atoms with Crippen molar-refractivity contribution in [3.8, 4) is 5.75 Å². The number of aromatic amines is 1. The number of imidazole rings is 1. The smallest absolute Gasteiger partial charge is 0.326 e. The van der Waals surface area contributed by atoms with E-state index in [1.54, 1.807) is 0 Å². The number of aromatic nitrogens is 2. The lowest BCUT2D eigenvalue weighted by Gasteiger charge is -2.25. The van der Waals surface area contributed by atoms with Crippen LogP contribution in [-0.4, -0.2) is 85.7 Å². The first kappa shape index (κ1) is 29.7. The number of carboxylic acid groups (broad SMARTS) is 1. The van der Waals surface area contributed by atoms with Crippen LogP contribution in [0.5, 0.6) is 5.75 Å². The molecule has 0 aliphatic rings. The van der Waals surface area contributed by atoms with Crippen LogP contribution >= 0.6 is 0 Å². The Labute approximate surface area is 217 Å². The molecule has 1 aromatic carbocycles. The third-order valence-electron chi connectivity index (χ3n) is 5.45. The van der Waals surface area contributed by atoms with Gasteiger partial charge in [0.1, 0.15) is 29.9 Å². The van der Waals surface area contributed by atoms with Gasteiger partial charge in [-0.15, -0.1) is 0 Å². The predicted octanol–water partition coefficient (Wildman–Crippen LogP) is -2.98. The number of phenolic OH excluding ortho intramolecular Hbond substituents is 1. The molecule has 1 aromatic heterocycles. The van der Waals surface area contributed by atoms with Gasteiger partial charge < -0.3 is 47.7 Å². The van der Waals surface area contributed by atoms with Crippen molar-refractivity contribution >= 4 is 29.6 Å². The van der Waals surface area contributed by atoms with Crippen LogP contribution in [0.15, 0.2) is 36.8 Å². The van der Waals surface area contributed by atoms with Crippen LogP contribution in [0.4, 0.5) is 0 Å². The fraction of sp³-hybridized carbons (Fsp3) is 0.391. The number of aromatic hydroxyl groups is 1. The van der Waals surface area contributed by atoms with Crippen molar-refractivity contribution in [2.75, 3.05) is 6.61 Å². The fourth-order valence-corrected chi connectivity index (χ4v) is 3.36. The minimum atomic E-state index is -1.40. The molecular formula is C23H31N7O8. The molecule has 38 heavy (non-hydrogen) atoms. The van der Waals surface area contributed by atoms with Gasteiger partial charge in [0.2, 0.25) is 23.6 Å². The van der Waals surface area contributed by atoms with Crippen molar-refractivity contribution in [1.82, 2.24) is 25.9 Å². The van der Waals surface area contributed by atoms with E-state index in [1.165, 1.54) is 36.8 Å². The van der Waals surface area contributed by atoms with Crippen molar-refractivity contribution in [3.63, 3.8) is 0 Å². The van der Waals surface area contributed by atoms with Crippen LogP contribution in [0.1, 0.15) is 24.1 Å². The van der Waals surface area contributed by atoms with Crippen LogP contribution in [0.3, 0.4) is 0 Å². The number of primary amides is 1. The lowest BCUT2D eigenvalue weighted by molar-refractivity contribution is -0.142. The zero-order chi connectivity index (χ0) is 28.2. The Hall–Kier alpha value is -4.50. The maximum atomic E-state index is 13.1. The summed E-state index contributed by atoms with van der Waals surface area (Å²) in [7, 11) is 0. The largest absolute Gasteiger partial charge is 0.508 e. The summed E-state index contributed by atoms with van der Waals surface area (Å²) < 4.78 is 0. The van der Waals surface area contributed by atoms with Gasteiger partial charge in [-0.2, -0.15) is 0 Å². The molecule has 0 saturated heterocycles. The number of aliphatic hydroxyl groups is 1. The maximum Gasteiger partial charge on any atom is 0.326 e. The Morgan fingerprint density at radius 3 is 2.08 bits per heavy atom. The Morgan fingerprint density at radius 2 is 1.53 bits per heavy atom. The highest BCUT2D eigenvalue weighted by Gasteiger charge is 2.31. The summed E-state index contributed by atoms with van der Waals surface area (Å²) in [5, 5.41) is 35.3. The van der Waals surface area contributed by atoms with Gasteiger partial charge in [0.25, 0.3) is 0 Å². The number of H-pyrrole nitrogens is 1. The molecule has 0 radical (unpaired) electrons. The zero-order valence-corrected chi connectivity index (χ0v) is 20.3. The number of carboxylic acids is 1. The normalized spacial score (nSPS) is 13.9. The first-order valence-corrected chi connectivity index (χ1v) is 11.5. The number of aliphatic hydroxyl groups excluding tert-OH is 1. The van der Waals surface area contributed by atoms with Crippen LogP contribution in [0.2, 0.25) is 0 Å². The number of phenols is 1. The molecule has 4 atom stereocenters. The highest BCUT2D eigenvalue weighted by atomic mass is 16.4. The number of amides is 4. The Kier molecular flexibility index (Phi) is 11.2. The van der Waals surface area contributed by atoms with Crippen LogP contribution in [0.25, 0.3) is 0 Å². The van der Waals surface area contributed by atoms with E-state index >= 15 is 0 Å². The van der Waals surface area contributed by atoms with Gasteiger partial charge in [0.05, 0.1) is 12.9 Å². The molecule has 4 amide bonds. The number of nitrogens with zero attached hydrogens (tertiary/aromatic N) is 1. The van der Waals surface area contributed by atoms with Crippen molar-refractivity contribution in [2.45, 2.75) is 49.9 Å². The first-order valence-electron chi connectivity index (χ1n) is 11.5. The van der Waals surface area contributed by atoms with Crippen molar-refractivity contribution < 1.29 is 39.3 Å². The van der Waals surface area contributed by atoms with Gasteiger partial charge in [-0.1, -0.05) is 12.1 Å². The van der Waals surface area contributed by atoms with Gasteiger partial charge in [-0.25, -0.2) is 9.78 Å². The van der Waals surface area contributed by atoms with E-state index in [9.17, 15) is 34.2 Å². The number of carbonyl (C=O) groups is 5. The van der Waals surface area contributed by atoms with E-state index in [1.807, 2.05) is 0 Å². The summed E-state index contributed by atoms with van der Waals surface area (Å²) in [6, 6.07) is 0.347. The number of nitrogens with two attached hydrogens (primary N) is 2. The molecule has 0 saturated carbocycles. The topological polar surface area (TPSA) is 263 Å². The second-order valence-corrected chi connectivity index (χ2v) is 8.47. The van der Waals surface area contributed by atoms with Crippen LogP contribution in [0, 0.1) is 0 Å². The monoisotopic (exact) mass is 533 g/mol. The predicted molar refractivity (Wildman–Crippen MR) is 131 cm³/mol. The molecule has 15 nitrogen and oxygen atoms in total. The molecule has 0 aliphatic carbocycles. The molecule has 0 bridgehead atoms. The van der Waals surface area contributed by atoms with Gasteiger partial charge in [-0.05, 0) is 24.1 Å². The number of rotatable bonds is 15. The molecule has 2 aromatic rings. The number of carbonyl (C=O) groups excluding carboxylic acids is 4. The van der Waals surface area contributed by atoms with E-state index in [0.717, 1.165) is 0 Å². The van der Waals surface area contributed by atoms with Crippen molar-refractivity contribution in [2.24, 2.45) is 11.5 Å². The number of hydrogen-bond donors (Lipinski definition) is 9. The van der Waals surface area contributed by atoms with Gasteiger partial charge >= 0.3 is 5.97 Å². The number of aliphatic carboxylic acids is 1. The van der Waals surface area contributed by atoms with E-state index in [-0.39, 0.29) is 31.4 Å². The standard InChI is InChI=1S/C23H31N7O8/c24-15(10-31)20(34)29-17(8-13-9-26-11-27-13)22(36)28-16(5-6-19(25)33)21(35)30-18(23(37)38)7-12-1-3-14(32)4-2-12/h1-4,9,11,15-18,31-32H,5-8,10,24H2,(H2,25,33)(H,26,27)(H,28,36)(H,29,34)(H,30,35)(H,37,38). The Bertz CT molecular complexity index is 1110. The van der Waals surface area contributed by atoms with Crippen LogP contribution < -0.4 is 27.4 Å². The number of hydrogen-bond acceptors (Lipinski definition) is 9. The summed E-state index contributed by atoms with van der Waals surface area (Å²) in [6.07, 6.45) is 2.00. The number of benzene rings is 1. The van der Waals surface area contributed by atoms with Crippen molar-refractivity contribution in [1.29, 1.82) is 0 Å². The van der Waals surface area contributed by atoms with Gasteiger partial charge in [0, 0.05) is 31.2 Å². The third kappa shape index (κ3) is 9.51. The van der Waals surface area contributed by atoms with E-state index < -0.39 is 60.4 Å². The van der Waals surface area contributed by atoms with Crippen LogP contribution in [-0.2, 0) is 36.8 Å². The fourth-order valence-electron chi connectivity index (χ4n) is 3.36. The second kappa shape index (κ2) is 14.3. The molecule has 0 fully saturated rings. The van der Waals surface area contributed by atoms with Gasteiger partial charge in [-0.3, -0.25) is 19.2 Å². The summed E-state index contributed by atoms with van der Waals surface area (Å²) in [5.74, 6) is -4.70. The second-order valence-electron chi connectivity index (χ2n) is 8.47. The molecule has 206 valence electrons. The zero-order valence-electron chi connectivity index (χ0n) is 20.3. The molecule has 4 unspecified atom stereocenters. The summed E-state index contributed by atoms with van der Waals surface area (Å²) in [4.78, 5) is 68.2. The molecule has 15 heteroatoms. The summed E-state index contributed by atoms with van der Waals surface area (Å²) >= 11 is 0. The Morgan fingerprint density at radius 1 is 0.921 bits per heavy atom. The minimum absolute atomic E-state index is 0.0180. The Balaban J connectivity index is 2.20. The third-order valence-corrected chi connectivity index (χ3v) is 5.45. The molecule has 0 spiro atoms. The van der Waals surface area contributed by atoms with Gasteiger partial charge in [0.15, 0.2) is 0 Å². The SMILES string of the molecule is NC(=O)CCC(NC(=O)C(Cc1cnc[nH]1)NC(=O)C(N)CO)C(=O)NC(Cc1ccc(O)cc1)C(=O)O.